The van der Waals surface area contributed by atoms with Gasteiger partial charge in [0.1, 0.15) is 0 Å². The normalized spacial score (nSPS) is 21.8. The van der Waals surface area contributed by atoms with Gasteiger partial charge >= 0.3 is 6.09 Å². The zero-order valence-corrected chi connectivity index (χ0v) is 12.4. The van der Waals surface area contributed by atoms with Gasteiger partial charge in [-0.25, -0.2) is 4.79 Å². The summed E-state index contributed by atoms with van der Waals surface area (Å²) < 4.78 is 0. The molecule has 2 fully saturated rings. The van der Waals surface area contributed by atoms with E-state index >= 15 is 0 Å². The van der Waals surface area contributed by atoms with Gasteiger partial charge in [-0.15, -0.1) is 0 Å². The van der Waals surface area contributed by atoms with Crippen molar-refractivity contribution in [2.24, 2.45) is 5.41 Å². The van der Waals surface area contributed by atoms with Crippen LogP contribution in [0.3, 0.4) is 0 Å². The van der Waals surface area contributed by atoms with Gasteiger partial charge in [-0.2, -0.15) is 0 Å². The molecule has 1 aromatic rings. The molecule has 1 N–H and O–H groups in total. The van der Waals surface area contributed by atoms with E-state index in [0.29, 0.717) is 11.3 Å². The predicted octanol–water partition coefficient (Wildman–Crippen LogP) is 3.94. The average molecular weight is 273 g/mol. The minimum Gasteiger partial charge on any atom is -0.465 e. The molecule has 1 heterocycles. The minimum absolute atomic E-state index is 0.423. The van der Waals surface area contributed by atoms with Crippen molar-refractivity contribution in [3.8, 4) is 0 Å². The number of carbonyl (C=O) groups is 1. The Kier molecular flexibility index (Phi) is 3.23. The third-order valence-electron chi connectivity index (χ3n) is 5.33. The molecule has 1 saturated carbocycles. The smallest absolute Gasteiger partial charge is 0.407 e. The summed E-state index contributed by atoms with van der Waals surface area (Å²) in [6.07, 6.45) is 3.81. The number of hydrogen-bond acceptors (Lipinski definition) is 1. The standard InChI is InChI=1S/C17H23NO2/c1-12-3-4-13(2)15(9-12)14-10-17(11-14)5-7-18(8-6-17)16(19)20/h3-4,9,14H,5-8,10-11H2,1-2H3,(H,19,20). The van der Waals surface area contributed by atoms with Crippen LogP contribution in [0, 0.1) is 19.3 Å². The number of nitrogens with zero attached hydrogens (tertiary/aromatic N) is 1. The molecule has 1 amide bonds. The van der Waals surface area contributed by atoms with Gasteiger partial charge in [-0.1, -0.05) is 23.8 Å². The molecule has 0 aromatic heterocycles. The molecule has 3 nitrogen and oxygen atoms in total. The summed E-state index contributed by atoms with van der Waals surface area (Å²) in [5.74, 6) is 0.686. The SMILES string of the molecule is Cc1ccc(C)c(C2CC3(CCN(C(=O)O)CC3)C2)c1. The van der Waals surface area contributed by atoms with Crippen molar-refractivity contribution in [2.45, 2.75) is 45.4 Å². The third kappa shape index (κ3) is 2.30. The molecule has 1 aliphatic heterocycles. The number of aryl methyl sites for hydroxylation is 2. The lowest BCUT2D eigenvalue weighted by molar-refractivity contribution is 0.0187. The summed E-state index contributed by atoms with van der Waals surface area (Å²) >= 11 is 0. The quantitative estimate of drug-likeness (QED) is 0.842. The van der Waals surface area contributed by atoms with E-state index in [2.05, 4.69) is 32.0 Å². The van der Waals surface area contributed by atoms with Crippen LogP contribution in [0.5, 0.6) is 0 Å². The van der Waals surface area contributed by atoms with Crippen LogP contribution in [-0.2, 0) is 0 Å². The zero-order valence-electron chi connectivity index (χ0n) is 12.4. The van der Waals surface area contributed by atoms with Crippen molar-refractivity contribution in [3.05, 3.63) is 34.9 Å². The maximum atomic E-state index is 11.0. The van der Waals surface area contributed by atoms with Gasteiger partial charge in [0, 0.05) is 13.1 Å². The molecular weight excluding hydrogens is 250 g/mol. The van der Waals surface area contributed by atoms with Crippen molar-refractivity contribution in [1.29, 1.82) is 0 Å². The summed E-state index contributed by atoms with van der Waals surface area (Å²) in [4.78, 5) is 12.5. The van der Waals surface area contributed by atoms with Gasteiger partial charge in [0.15, 0.2) is 0 Å². The first-order valence-corrected chi connectivity index (χ1v) is 7.54. The predicted molar refractivity (Wildman–Crippen MR) is 79.2 cm³/mol. The molecule has 20 heavy (non-hydrogen) atoms. The van der Waals surface area contributed by atoms with E-state index < -0.39 is 6.09 Å². The van der Waals surface area contributed by atoms with E-state index in [0.717, 1.165) is 25.9 Å². The number of carboxylic acid groups (broad SMARTS) is 1. The molecule has 1 aromatic carbocycles. The highest BCUT2D eigenvalue weighted by Gasteiger charge is 2.46. The lowest BCUT2D eigenvalue weighted by Gasteiger charge is -2.52. The molecule has 3 heteroatoms. The van der Waals surface area contributed by atoms with Gasteiger partial charge < -0.3 is 10.0 Å². The van der Waals surface area contributed by atoms with Crippen LogP contribution in [0.25, 0.3) is 0 Å². The van der Waals surface area contributed by atoms with E-state index in [-0.39, 0.29) is 0 Å². The van der Waals surface area contributed by atoms with Crippen LogP contribution >= 0.6 is 0 Å². The van der Waals surface area contributed by atoms with Crippen LogP contribution in [0.2, 0.25) is 0 Å². The number of hydrogen-bond donors (Lipinski definition) is 1. The Bertz CT molecular complexity index is 522. The van der Waals surface area contributed by atoms with E-state index in [4.69, 9.17) is 5.11 Å². The van der Waals surface area contributed by atoms with Crippen LogP contribution in [-0.4, -0.2) is 29.2 Å². The van der Waals surface area contributed by atoms with E-state index in [9.17, 15) is 4.79 Å². The Labute approximate surface area is 120 Å². The number of piperidine rings is 1. The Morgan fingerprint density at radius 3 is 2.50 bits per heavy atom. The van der Waals surface area contributed by atoms with Gasteiger partial charge in [0.25, 0.3) is 0 Å². The first-order chi connectivity index (χ1) is 9.49. The summed E-state index contributed by atoms with van der Waals surface area (Å²) in [5, 5.41) is 9.02. The van der Waals surface area contributed by atoms with Crippen molar-refractivity contribution >= 4 is 6.09 Å². The Balaban J connectivity index is 1.64. The minimum atomic E-state index is -0.759. The Morgan fingerprint density at radius 1 is 1.25 bits per heavy atom. The van der Waals surface area contributed by atoms with Crippen LogP contribution in [0.15, 0.2) is 18.2 Å². The van der Waals surface area contributed by atoms with Crippen LogP contribution in [0.1, 0.15) is 48.3 Å². The highest BCUT2D eigenvalue weighted by atomic mass is 16.4. The molecule has 0 radical (unpaired) electrons. The monoisotopic (exact) mass is 273 g/mol. The van der Waals surface area contributed by atoms with E-state index in [1.54, 1.807) is 4.90 Å². The maximum absolute atomic E-state index is 11.0. The topological polar surface area (TPSA) is 40.5 Å². The fourth-order valence-electron chi connectivity index (χ4n) is 3.99. The van der Waals surface area contributed by atoms with E-state index in [1.165, 1.54) is 29.5 Å². The van der Waals surface area contributed by atoms with Gasteiger partial charge in [-0.3, -0.25) is 0 Å². The number of rotatable bonds is 1. The third-order valence-corrected chi connectivity index (χ3v) is 5.33. The Hall–Kier alpha value is -1.51. The second-order valence-corrected chi connectivity index (χ2v) is 6.73. The molecule has 1 saturated heterocycles. The second kappa shape index (κ2) is 4.80. The maximum Gasteiger partial charge on any atom is 0.407 e. The molecule has 0 atom stereocenters. The summed E-state index contributed by atoms with van der Waals surface area (Å²) in [6, 6.07) is 6.74. The largest absolute Gasteiger partial charge is 0.465 e. The number of benzene rings is 1. The molecule has 1 aliphatic carbocycles. The molecule has 0 bridgehead atoms. The van der Waals surface area contributed by atoms with Crippen molar-refractivity contribution in [3.63, 3.8) is 0 Å². The lowest BCUT2D eigenvalue weighted by atomic mass is 9.55. The summed E-state index contributed by atoms with van der Waals surface area (Å²) in [7, 11) is 0. The first-order valence-electron chi connectivity index (χ1n) is 7.54. The van der Waals surface area contributed by atoms with Crippen molar-refractivity contribution < 1.29 is 9.90 Å². The molecule has 108 valence electrons. The highest BCUT2D eigenvalue weighted by Crippen LogP contribution is 2.57. The molecular formula is C17H23NO2. The number of likely N-dealkylation sites (tertiary alicyclic amines) is 1. The van der Waals surface area contributed by atoms with Crippen LogP contribution in [0.4, 0.5) is 4.79 Å². The highest BCUT2D eigenvalue weighted by molar-refractivity contribution is 5.65. The summed E-state index contributed by atoms with van der Waals surface area (Å²) in [6.45, 7) is 5.79. The first kappa shape index (κ1) is 13.5. The fourth-order valence-corrected chi connectivity index (χ4v) is 3.99. The average Bonchev–Trinajstić information content (AvgIpc) is 2.39. The van der Waals surface area contributed by atoms with Crippen LogP contribution < -0.4 is 0 Å². The lowest BCUT2D eigenvalue weighted by Crippen LogP contribution is -2.47. The molecule has 0 unspecified atom stereocenters. The molecule has 2 aliphatic rings. The van der Waals surface area contributed by atoms with E-state index in [1.807, 2.05) is 0 Å². The summed E-state index contributed by atoms with van der Waals surface area (Å²) in [5.41, 5.74) is 4.68. The van der Waals surface area contributed by atoms with Gasteiger partial charge in [0.05, 0.1) is 0 Å². The second-order valence-electron chi connectivity index (χ2n) is 6.73. The van der Waals surface area contributed by atoms with Crippen molar-refractivity contribution in [2.75, 3.05) is 13.1 Å². The van der Waals surface area contributed by atoms with Crippen molar-refractivity contribution in [1.82, 2.24) is 4.90 Å². The molecule has 3 rings (SSSR count). The van der Waals surface area contributed by atoms with Gasteiger partial charge in [-0.05, 0) is 62.0 Å². The van der Waals surface area contributed by atoms with Gasteiger partial charge in [0.2, 0.25) is 0 Å². The Morgan fingerprint density at radius 2 is 1.90 bits per heavy atom. The molecule has 1 spiro atoms. The fraction of sp³-hybridized carbons (Fsp3) is 0.588. The zero-order chi connectivity index (χ0) is 14.3. The number of amides is 1.